The van der Waals surface area contributed by atoms with Gasteiger partial charge in [0.2, 0.25) is 0 Å². The molecule has 1 unspecified atom stereocenters. The van der Waals surface area contributed by atoms with E-state index in [9.17, 15) is 4.79 Å². The molecule has 13 heavy (non-hydrogen) atoms. The van der Waals surface area contributed by atoms with Crippen molar-refractivity contribution in [2.45, 2.75) is 40.5 Å². The summed E-state index contributed by atoms with van der Waals surface area (Å²) in [6.07, 6.45) is 2.13. The first-order chi connectivity index (χ1) is 6.07. The quantitative estimate of drug-likeness (QED) is 0.683. The van der Waals surface area contributed by atoms with Gasteiger partial charge in [-0.2, -0.15) is 11.8 Å². The molecule has 1 rings (SSSR count). The molecule has 78 valence electrons. The molecule has 0 saturated carbocycles. The molecule has 1 aliphatic heterocycles. The van der Waals surface area contributed by atoms with Gasteiger partial charge in [-0.25, -0.2) is 0 Å². The second-order valence-corrected chi connectivity index (χ2v) is 5.09. The minimum atomic E-state index is 0.227. The summed E-state index contributed by atoms with van der Waals surface area (Å²) in [5, 5.41) is 0. The molecule has 1 saturated heterocycles. The molecule has 0 aliphatic carbocycles. The number of carbonyl (C=O) groups is 1. The van der Waals surface area contributed by atoms with Crippen molar-refractivity contribution in [3.8, 4) is 0 Å². The van der Waals surface area contributed by atoms with Crippen molar-refractivity contribution in [2.75, 3.05) is 11.5 Å². The first-order valence-corrected chi connectivity index (χ1v) is 6.33. The van der Waals surface area contributed by atoms with E-state index in [1.54, 1.807) is 0 Å². The van der Waals surface area contributed by atoms with Crippen LogP contribution in [0.4, 0.5) is 0 Å². The van der Waals surface area contributed by atoms with E-state index in [0.29, 0.717) is 12.2 Å². The number of Topliss-reactive ketones (excluding diaryl/α,β-unsaturated/α-hetero) is 1. The van der Waals surface area contributed by atoms with E-state index in [2.05, 4.69) is 18.7 Å². The number of hydrogen-bond acceptors (Lipinski definition) is 2. The molecule has 1 aliphatic rings. The summed E-state index contributed by atoms with van der Waals surface area (Å²) in [5.41, 5.74) is 0. The van der Waals surface area contributed by atoms with E-state index in [1.807, 2.05) is 20.8 Å². The van der Waals surface area contributed by atoms with Crippen LogP contribution in [0.15, 0.2) is 0 Å². The molecule has 0 amide bonds. The second kappa shape index (κ2) is 7.43. The largest absolute Gasteiger partial charge is 0.299 e. The highest BCUT2D eigenvalue weighted by molar-refractivity contribution is 7.99. The number of rotatable bonds is 2. The Morgan fingerprint density at radius 1 is 1.54 bits per heavy atom. The minimum Gasteiger partial charge on any atom is -0.299 e. The maximum Gasteiger partial charge on any atom is 0.135 e. The van der Waals surface area contributed by atoms with Gasteiger partial charge in [0.1, 0.15) is 5.78 Å². The van der Waals surface area contributed by atoms with Gasteiger partial charge in [-0.3, -0.25) is 4.79 Å². The summed E-state index contributed by atoms with van der Waals surface area (Å²) >= 11 is 2.08. The fourth-order valence-electron chi connectivity index (χ4n) is 1.06. The molecule has 1 nitrogen and oxygen atoms in total. The van der Waals surface area contributed by atoms with Gasteiger partial charge in [0.05, 0.1) is 0 Å². The van der Waals surface area contributed by atoms with E-state index < -0.39 is 0 Å². The topological polar surface area (TPSA) is 17.1 Å². The third-order valence-electron chi connectivity index (χ3n) is 2.15. The molecule has 1 fully saturated rings. The maximum atomic E-state index is 10.5. The molecule has 2 heteroatoms. The fraction of sp³-hybridized carbons (Fsp3) is 0.909. The van der Waals surface area contributed by atoms with Crippen LogP contribution in [0.2, 0.25) is 0 Å². The van der Waals surface area contributed by atoms with E-state index in [4.69, 9.17) is 0 Å². The van der Waals surface area contributed by atoms with Gasteiger partial charge >= 0.3 is 0 Å². The van der Waals surface area contributed by atoms with Crippen molar-refractivity contribution in [1.29, 1.82) is 0 Å². The Hall–Kier alpha value is 0.0200. The average molecular weight is 202 g/mol. The first kappa shape index (κ1) is 13.0. The lowest BCUT2D eigenvalue weighted by Gasteiger charge is -1.96. The van der Waals surface area contributed by atoms with Crippen LogP contribution in [0.1, 0.15) is 40.5 Å². The Kier molecular flexibility index (Phi) is 7.44. The lowest BCUT2D eigenvalue weighted by atomic mass is 10.1. The molecule has 0 aromatic rings. The van der Waals surface area contributed by atoms with Crippen LogP contribution in [0, 0.1) is 11.8 Å². The summed E-state index contributed by atoms with van der Waals surface area (Å²) in [6.45, 7) is 8.06. The third kappa shape index (κ3) is 7.12. The highest BCUT2D eigenvalue weighted by Gasteiger charge is 2.07. The number of thioether (sulfide) groups is 1. The lowest BCUT2D eigenvalue weighted by molar-refractivity contribution is -0.121. The van der Waals surface area contributed by atoms with Gasteiger partial charge in [0.25, 0.3) is 0 Å². The van der Waals surface area contributed by atoms with Crippen LogP contribution in [0.3, 0.4) is 0 Å². The summed E-state index contributed by atoms with van der Waals surface area (Å²) in [7, 11) is 0. The summed E-state index contributed by atoms with van der Waals surface area (Å²) in [6, 6.07) is 0. The summed E-state index contributed by atoms with van der Waals surface area (Å²) < 4.78 is 0. The van der Waals surface area contributed by atoms with Crippen molar-refractivity contribution in [2.24, 2.45) is 11.8 Å². The van der Waals surface area contributed by atoms with Gasteiger partial charge in [-0.1, -0.05) is 27.7 Å². The molecule has 0 aromatic heterocycles. The number of ketones is 1. The van der Waals surface area contributed by atoms with Crippen LogP contribution in [0.25, 0.3) is 0 Å². The zero-order chi connectivity index (χ0) is 10.3. The van der Waals surface area contributed by atoms with Crippen LogP contribution in [-0.2, 0) is 4.79 Å². The summed E-state index contributed by atoms with van der Waals surface area (Å²) in [5.74, 6) is 4.39. The normalized spacial score (nSPS) is 21.2. The van der Waals surface area contributed by atoms with Crippen LogP contribution < -0.4 is 0 Å². The summed E-state index contributed by atoms with van der Waals surface area (Å²) in [4.78, 5) is 10.5. The van der Waals surface area contributed by atoms with Gasteiger partial charge in [-0.05, 0) is 23.8 Å². The Morgan fingerprint density at radius 3 is 2.23 bits per heavy atom. The average Bonchev–Trinajstić information content (AvgIpc) is 2.55. The predicted molar refractivity (Wildman–Crippen MR) is 61.2 cm³/mol. The maximum absolute atomic E-state index is 10.5. The van der Waals surface area contributed by atoms with E-state index in [-0.39, 0.29) is 5.92 Å². The Balaban J connectivity index is 0.000000223. The predicted octanol–water partition coefficient (Wildman–Crippen LogP) is 3.38. The van der Waals surface area contributed by atoms with Crippen molar-refractivity contribution in [1.82, 2.24) is 0 Å². The van der Waals surface area contributed by atoms with Crippen molar-refractivity contribution >= 4 is 17.5 Å². The first-order valence-electron chi connectivity index (χ1n) is 5.18. The third-order valence-corrected chi connectivity index (χ3v) is 3.48. The van der Waals surface area contributed by atoms with Crippen LogP contribution in [0.5, 0.6) is 0 Å². The molecular formula is C11H22OS. The number of hydrogen-bond donors (Lipinski definition) is 0. The van der Waals surface area contributed by atoms with Crippen LogP contribution >= 0.6 is 11.8 Å². The standard InChI is InChI=1S/C6H12O.C5H10S/c1-4-6(7)5(2)3;1-5-2-3-6-4-5/h5H,4H2,1-3H3;5H,2-4H2,1H3. The highest BCUT2D eigenvalue weighted by atomic mass is 32.2. The molecule has 0 spiro atoms. The molecule has 0 radical (unpaired) electrons. The SMILES string of the molecule is CC1CCSC1.CCC(=O)C(C)C. The van der Waals surface area contributed by atoms with Gasteiger partial charge in [0, 0.05) is 12.3 Å². The zero-order valence-corrected chi connectivity index (χ0v) is 10.1. The van der Waals surface area contributed by atoms with E-state index in [1.165, 1.54) is 17.9 Å². The minimum absolute atomic E-state index is 0.227. The Morgan fingerprint density at radius 2 is 2.15 bits per heavy atom. The Bertz CT molecular complexity index is 137. The van der Waals surface area contributed by atoms with Gasteiger partial charge < -0.3 is 0 Å². The molecule has 1 heterocycles. The monoisotopic (exact) mass is 202 g/mol. The van der Waals surface area contributed by atoms with Gasteiger partial charge in [0.15, 0.2) is 0 Å². The molecule has 0 aromatic carbocycles. The lowest BCUT2D eigenvalue weighted by Crippen LogP contribution is -2.03. The highest BCUT2D eigenvalue weighted by Crippen LogP contribution is 2.21. The van der Waals surface area contributed by atoms with Crippen molar-refractivity contribution in [3.05, 3.63) is 0 Å². The smallest absolute Gasteiger partial charge is 0.135 e. The Labute approximate surface area is 86.7 Å². The van der Waals surface area contributed by atoms with Gasteiger partial charge in [-0.15, -0.1) is 0 Å². The molecule has 1 atom stereocenters. The molecule has 0 N–H and O–H groups in total. The number of carbonyl (C=O) groups excluding carboxylic acids is 1. The van der Waals surface area contributed by atoms with E-state index >= 15 is 0 Å². The second-order valence-electron chi connectivity index (χ2n) is 3.94. The van der Waals surface area contributed by atoms with Crippen LogP contribution in [-0.4, -0.2) is 17.3 Å². The molecular weight excluding hydrogens is 180 g/mol. The van der Waals surface area contributed by atoms with Crippen molar-refractivity contribution in [3.63, 3.8) is 0 Å². The van der Waals surface area contributed by atoms with Crippen molar-refractivity contribution < 1.29 is 4.79 Å². The van der Waals surface area contributed by atoms with E-state index in [0.717, 1.165) is 5.92 Å². The fourth-order valence-corrected chi connectivity index (χ4v) is 2.37. The molecule has 0 bridgehead atoms. The zero-order valence-electron chi connectivity index (χ0n) is 9.30.